The first kappa shape index (κ1) is 30.0. The molecule has 1 aromatic carbocycles. The lowest BCUT2D eigenvalue weighted by molar-refractivity contribution is -0.143. The highest BCUT2D eigenvalue weighted by Gasteiger charge is 2.25. The molecule has 1 atom stereocenters. The van der Waals surface area contributed by atoms with Gasteiger partial charge in [0.25, 0.3) is 0 Å². The predicted octanol–water partition coefficient (Wildman–Crippen LogP) is 7.16. The number of hydrogen-bond acceptors (Lipinski definition) is 2. The van der Waals surface area contributed by atoms with Crippen LogP contribution >= 0.6 is 11.6 Å². The summed E-state index contributed by atoms with van der Waals surface area (Å²) in [7, 11) is 0. The zero-order valence-corrected chi connectivity index (χ0v) is 23.8. The van der Waals surface area contributed by atoms with Crippen molar-refractivity contribution >= 4 is 23.4 Å². The van der Waals surface area contributed by atoms with E-state index < -0.39 is 0 Å². The van der Waals surface area contributed by atoms with E-state index in [0.29, 0.717) is 32.0 Å². The molecule has 2 rings (SSSR count). The fourth-order valence-corrected chi connectivity index (χ4v) is 4.62. The van der Waals surface area contributed by atoms with Crippen LogP contribution in [-0.2, 0) is 22.7 Å². The summed E-state index contributed by atoms with van der Waals surface area (Å²) < 4.78 is 2.15. The van der Waals surface area contributed by atoms with Gasteiger partial charge in [-0.15, -0.1) is 0 Å². The fraction of sp³-hybridized carbons (Fsp3) is 0.600. The third kappa shape index (κ3) is 9.65. The molecule has 2 amide bonds. The van der Waals surface area contributed by atoms with E-state index in [1.165, 1.54) is 19.3 Å². The van der Waals surface area contributed by atoms with Crippen LogP contribution in [0.4, 0.5) is 0 Å². The minimum absolute atomic E-state index is 0.00817. The number of halogens is 1. The molecule has 200 valence electrons. The van der Waals surface area contributed by atoms with Crippen molar-refractivity contribution < 1.29 is 9.59 Å². The molecule has 0 bridgehead atoms. The monoisotopic (exact) mass is 515 g/mol. The number of amides is 2. The van der Waals surface area contributed by atoms with E-state index in [1.807, 2.05) is 48.4 Å². The van der Waals surface area contributed by atoms with Crippen molar-refractivity contribution in [1.82, 2.24) is 14.4 Å². The molecule has 6 heteroatoms. The summed E-state index contributed by atoms with van der Waals surface area (Å²) in [6.07, 6.45) is 8.92. The zero-order valence-electron chi connectivity index (χ0n) is 23.0. The molecule has 0 aliphatic carbocycles. The standard InChI is InChI=1S/C30H46ClN3O2/c1-6-8-9-10-11-18-29(35)34(25(5)7-2)23-30(36)33(20-24(3)4)22-27-16-14-19-32(27)21-26-15-12-13-17-28(26)31/h12-17,19,24-25H,6-11,18,20-23H2,1-5H3. The van der Waals surface area contributed by atoms with Crippen molar-refractivity contribution in [3.63, 3.8) is 0 Å². The zero-order chi connectivity index (χ0) is 26.5. The van der Waals surface area contributed by atoms with Gasteiger partial charge < -0.3 is 14.4 Å². The van der Waals surface area contributed by atoms with E-state index in [2.05, 4.69) is 38.3 Å². The number of unbranched alkanes of at least 4 members (excludes halogenated alkanes) is 4. The molecule has 0 saturated carbocycles. The smallest absolute Gasteiger partial charge is 0.242 e. The largest absolute Gasteiger partial charge is 0.345 e. The molecule has 0 saturated heterocycles. The van der Waals surface area contributed by atoms with Crippen LogP contribution in [0.2, 0.25) is 5.02 Å². The Morgan fingerprint density at radius 2 is 1.67 bits per heavy atom. The van der Waals surface area contributed by atoms with Gasteiger partial charge in [0, 0.05) is 42.5 Å². The number of hydrogen-bond donors (Lipinski definition) is 0. The average molecular weight is 516 g/mol. The van der Waals surface area contributed by atoms with E-state index in [1.54, 1.807) is 4.90 Å². The topological polar surface area (TPSA) is 45.6 Å². The molecular formula is C30H46ClN3O2. The Balaban J connectivity index is 2.12. The van der Waals surface area contributed by atoms with Crippen LogP contribution in [0.25, 0.3) is 0 Å². The number of rotatable bonds is 16. The van der Waals surface area contributed by atoms with Gasteiger partial charge in [0.2, 0.25) is 11.8 Å². The van der Waals surface area contributed by atoms with Crippen molar-refractivity contribution in [1.29, 1.82) is 0 Å². The minimum atomic E-state index is 0.00817. The molecule has 2 aromatic rings. The number of carbonyl (C=O) groups is 2. The van der Waals surface area contributed by atoms with Gasteiger partial charge in [-0.1, -0.05) is 83.2 Å². The van der Waals surface area contributed by atoms with E-state index >= 15 is 0 Å². The van der Waals surface area contributed by atoms with Crippen molar-refractivity contribution in [3.05, 3.63) is 58.9 Å². The molecule has 0 fully saturated rings. The lowest BCUT2D eigenvalue weighted by atomic mass is 10.1. The van der Waals surface area contributed by atoms with Crippen LogP contribution in [0.1, 0.15) is 90.8 Å². The summed E-state index contributed by atoms with van der Waals surface area (Å²) in [4.78, 5) is 30.4. The van der Waals surface area contributed by atoms with Crippen LogP contribution < -0.4 is 0 Å². The van der Waals surface area contributed by atoms with Crippen LogP contribution in [0.15, 0.2) is 42.6 Å². The quantitative estimate of drug-likeness (QED) is 0.222. The molecule has 36 heavy (non-hydrogen) atoms. The predicted molar refractivity (Wildman–Crippen MR) is 150 cm³/mol. The maximum absolute atomic E-state index is 13.6. The summed E-state index contributed by atoms with van der Waals surface area (Å²) in [6.45, 7) is 12.5. The normalized spacial score (nSPS) is 12.1. The maximum atomic E-state index is 13.6. The van der Waals surface area contributed by atoms with Crippen molar-refractivity contribution in [2.75, 3.05) is 13.1 Å². The Morgan fingerprint density at radius 1 is 0.944 bits per heavy atom. The van der Waals surface area contributed by atoms with Gasteiger partial charge in [-0.3, -0.25) is 9.59 Å². The second-order valence-corrected chi connectivity index (χ2v) is 10.7. The summed E-state index contributed by atoms with van der Waals surface area (Å²) in [5.41, 5.74) is 2.10. The number of benzene rings is 1. The highest BCUT2D eigenvalue weighted by Crippen LogP contribution is 2.19. The second kappa shape index (κ2) is 15.8. The Labute approximate surface area is 223 Å². The van der Waals surface area contributed by atoms with Crippen LogP contribution in [0, 0.1) is 5.92 Å². The molecule has 1 heterocycles. The van der Waals surface area contributed by atoms with Crippen molar-refractivity contribution in [2.45, 2.75) is 98.7 Å². The van der Waals surface area contributed by atoms with Gasteiger partial charge in [-0.2, -0.15) is 0 Å². The summed E-state index contributed by atoms with van der Waals surface area (Å²) in [6, 6.07) is 12.0. The average Bonchev–Trinajstić information content (AvgIpc) is 3.28. The van der Waals surface area contributed by atoms with Gasteiger partial charge in [-0.25, -0.2) is 0 Å². The number of aromatic nitrogens is 1. The van der Waals surface area contributed by atoms with Crippen LogP contribution in [-0.4, -0.2) is 45.3 Å². The fourth-order valence-electron chi connectivity index (χ4n) is 4.43. The summed E-state index contributed by atoms with van der Waals surface area (Å²) >= 11 is 6.39. The highest BCUT2D eigenvalue weighted by molar-refractivity contribution is 6.31. The molecule has 1 aromatic heterocycles. The number of carbonyl (C=O) groups excluding carboxylic acids is 2. The van der Waals surface area contributed by atoms with Crippen molar-refractivity contribution in [2.24, 2.45) is 5.92 Å². The molecule has 1 unspecified atom stereocenters. The lowest BCUT2D eigenvalue weighted by Gasteiger charge is -2.32. The Kier molecular flexibility index (Phi) is 13.1. The SMILES string of the molecule is CCCCCCCC(=O)N(CC(=O)N(Cc1cccn1Cc1ccccc1Cl)CC(C)C)C(C)CC. The van der Waals surface area contributed by atoms with Gasteiger partial charge >= 0.3 is 0 Å². The Bertz CT molecular complexity index is 940. The van der Waals surface area contributed by atoms with E-state index in [9.17, 15) is 9.59 Å². The minimum Gasteiger partial charge on any atom is -0.345 e. The highest BCUT2D eigenvalue weighted by atomic mass is 35.5. The van der Waals surface area contributed by atoms with Gasteiger partial charge in [0.05, 0.1) is 13.1 Å². The Morgan fingerprint density at radius 3 is 2.33 bits per heavy atom. The molecule has 5 nitrogen and oxygen atoms in total. The van der Waals surface area contributed by atoms with Crippen LogP contribution in [0.3, 0.4) is 0 Å². The first-order valence-corrected chi connectivity index (χ1v) is 14.1. The molecule has 0 radical (unpaired) electrons. The van der Waals surface area contributed by atoms with E-state index in [4.69, 9.17) is 11.6 Å². The molecule has 0 N–H and O–H groups in total. The summed E-state index contributed by atoms with van der Waals surface area (Å²) in [5, 5.41) is 0.740. The second-order valence-electron chi connectivity index (χ2n) is 10.3. The molecular weight excluding hydrogens is 470 g/mol. The van der Waals surface area contributed by atoms with E-state index in [-0.39, 0.29) is 24.4 Å². The third-order valence-corrected chi connectivity index (χ3v) is 7.12. The van der Waals surface area contributed by atoms with Crippen LogP contribution in [0.5, 0.6) is 0 Å². The first-order valence-electron chi connectivity index (χ1n) is 13.7. The Hall–Kier alpha value is -2.27. The van der Waals surface area contributed by atoms with Gasteiger partial charge in [0.1, 0.15) is 0 Å². The lowest BCUT2D eigenvalue weighted by Crippen LogP contribution is -2.47. The van der Waals surface area contributed by atoms with Crippen molar-refractivity contribution in [3.8, 4) is 0 Å². The van der Waals surface area contributed by atoms with E-state index in [0.717, 1.165) is 35.5 Å². The maximum Gasteiger partial charge on any atom is 0.242 e. The molecule has 0 aliphatic rings. The molecule has 0 spiro atoms. The third-order valence-electron chi connectivity index (χ3n) is 6.76. The first-order chi connectivity index (χ1) is 17.3. The number of nitrogens with zero attached hydrogens (tertiary/aromatic N) is 3. The van der Waals surface area contributed by atoms with Gasteiger partial charge in [-0.05, 0) is 49.4 Å². The summed E-state index contributed by atoms with van der Waals surface area (Å²) in [5.74, 6) is 0.432. The van der Waals surface area contributed by atoms with Gasteiger partial charge in [0.15, 0.2) is 0 Å². The molecule has 0 aliphatic heterocycles.